The van der Waals surface area contributed by atoms with Gasteiger partial charge in [-0.05, 0) is 50.6 Å². The highest BCUT2D eigenvalue weighted by atomic mass is 35.5. The minimum atomic E-state index is -3.75. The van der Waals surface area contributed by atoms with E-state index in [1.54, 1.807) is 6.07 Å². The first-order valence-electron chi connectivity index (χ1n) is 7.82. The lowest BCUT2D eigenvalue weighted by Gasteiger charge is -2.28. The predicted octanol–water partition coefficient (Wildman–Crippen LogP) is 4.40. The molecular formula is C18H20Cl2N2O3S. The predicted molar refractivity (Wildman–Crippen MR) is 108 cm³/mol. The number of nitrogens with one attached hydrogen (secondary N) is 1. The van der Waals surface area contributed by atoms with Crippen LogP contribution in [0.2, 0.25) is 10.0 Å². The molecule has 0 bridgehead atoms. The van der Waals surface area contributed by atoms with Crippen molar-refractivity contribution < 1.29 is 13.2 Å². The minimum Gasteiger partial charge on any atom is -0.324 e. The van der Waals surface area contributed by atoms with Gasteiger partial charge in [0.05, 0.1) is 11.9 Å². The number of anilines is 2. The van der Waals surface area contributed by atoms with Crippen molar-refractivity contribution in [3.05, 3.63) is 57.6 Å². The van der Waals surface area contributed by atoms with Gasteiger partial charge in [0.25, 0.3) is 0 Å². The van der Waals surface area contributed by atoms with Gasteiger partial charge in [-0.15, -0.1) is 0 Å². The third-order valence-corrected chi connectivity index (χ3v) is 5.51. The molecule has 5 nitrogen and oxygen atoms in total. The molecule has 0 spiro atoms. The van der Waals surface area contributed by atoms with E-state index in [-0.39, 0.29) is 15.7 Å². The summed E-state index contributed by atoms with van der Waals surface area (Å²) in [5.41, 5.74) is 2.82. The van der Waals surface area contributed by atoms with Crippen LogP contribution in [0.15, 0.2) is 36.4 Å². The van der Waals surface area contributed by atoms with E-state index in [1.807, 2.05) is 26.0 Å². The molecule has 140 valence electrons. The lowest BCUT2D eigenvalue weighted by atomic mass is 10.1. The Morgan fingerprint density at radius 1 is 1.08 bits per heavy atom. The summed E-state index contributed by atoms with van der Waals surface area (Å²) < 4.78 is 25.7. The molecule has 2 aromatic rings. The van der Waals surface area contributed by atoms with Crippen molar-refractivity contribution in [1.29, 1.82) is 0 Å². The van der Waals surface area contributed by atoms with E-state index in [9.17, 15) is 13.2 Å². The van der Waals surface area contributed by atoms with Gasteiger partial charge in [-0.2, -0.15) is 0 Å². The third kappa shape index (κ3) is 4.90. The van der Waals surface area contributed by atoms with E-state index >= 15 is 0 Å². The molecule has 2 rings (SSSR count). The van der Waals surface area contributed by atoms with Crippen LogP contribution in [-0.4, -0.2) is 26.6 Å². The molecule has 1 amide bonds. The number of amides is 1. The summed E-state index contributed by atoms with van der Waals surface area (Å²) >= 11 is 12.0. The molecule has 1 atom stereocenters. The van der Waals surface area contributed by atoms with Gasteiger partial charge in [0.15, 0.2) is 0 Å². The van der Waals surface area contributed by atoms with Gasteiger partial charge in [0.1, 0.15) is 6.04 Å². The second-order valence-electron chi connectivity index (χ2n) is 6.17. The van der Waals surface area contributed by atoms with Crippen LogP contribution >= 0.6 is 23.2 Å². The van der Waals surface area contributed by atoms with Crippen LogP contribution < -0.4 is 9.62 Å². The lowest BCUT2D eigenvalue weighted by molar-refractivity contribution is -0.116. The van der Waals surface area contributed by atoms with E-state index in [0.29, 0.717) is 5.69 Å². The summed E-state index contributed by atoms with van der Waals surface area (Å²) in [6.07, 6.45) is 1.03. The van der Waals surface area contributed by atoms with Gasteiger partial charge < -0.3 is 5.32 Å². The molecule has 2 aromatic carbocycles. The number of aryl methyl sites for hydroxylation is 2. The van der Waals surface area contributed by atoms with Crippen molar-refractivity contribution in [3.8, 4) is 0 Å². The minimum absolute atomic E-state index is 0.230. The highest BCUT2D eigenvalue weighted by molar-refractivity contribution is 7.92. The number of carbonyl (C=O) groups is 1. The van der Waals surface area contributed by atoms with Crippen molar-refractivity contribution in [1.82, 2.24) is 0 Å². The summed E-state index contributed by atoms with van der Waals surface area (Å²) in [5.74, 6) is -0.460. The SMILES string of the molecule is Cc1ccc(NC(=O)C(C)N(c2cc(Cl)cc(Cl)c2)S(C)(=O)=O)c(C)c1. The van der Waals surface area contributed by atoms with Crippen LogP contribution in [0.1, 0.15) is 18.1 Å². The number of sulfonamides is 1. The van der Waals surface area contributed by atoms with Crippen molar-refractivity contribution in [3.63, 3.8) is 0 Å². The summed E-state index contributed by atoms with van der Waals surface area (Å²) in [4.78, 5) is 12.7. The van der Waals surface area contributed by atoms with E-state index in [0.717, 1.165) is 21.7 Å². The zero-order valence-corrected chi connectivity index (χ0v) is 17.2. The van der Waals surface area contributed by atoms with E-state index in [1.165, 1.54) is 25.1 Å². The fourth-order valence-corrected chi connectivity index (χ4v) is 4.34. The lowest BCUT2D eigenvalue weighted by Crippen LogP contribution is -2.45. The van der Waals surface area contributed by atoms with Crippen molar-refractivity contribution in [2.24, 2.45) is 0 Å². The molecule has 0 aliphatic heterocycles. The summed E-state index contributed by atoms with van der Waals surface area (Å²) in [7, 11) is -3.75. The van der Waals surface area contributed by atoms with Crippen molar-refractivity contribution >= 4 is 50.5 Å². The molecule has 0 aliphatic rings. The van der Waals surface area contributed by atoms with Crippen LogP contribution in [0.3, 0.4) is 0 Å². The second-order valence-corrected chi connectivity index (χ2v) is 8.90. The summed E-state index contributed by atoms with van der Waals surface area (Å²) in [5, 5.41) is 3.34. The zero-order valence-electron chi connectivity index (χ0n) is 14.9. The number of carbonyl (C=O) groups excluding carboxylic acids is 1. The maximum Gasteiger partial charge on any atom is 0.248 e. The highest BCUT2D eigenvalue weighted by Gasteiger charge is 2.29. The van der Waals surface area contributed by atoms with Gasteiger partial charge in [-0.1, -0.05) is 40.9 Å². The normalized spacial score (nSPS) is 12.5. The molecule has 1 unspecified atom stereocenters. The van der Waals surface area contributed by atoms with Gasteiger partial charge in [0.2, 0.25) is 15.9 Å². The summed E-state index contributed by atoms with van der Waals surface area (Å²) in [6.45, 7) is 5.34. The maximum absolute atomic E-state index is 12.7. The molecular weight excluding hydrogens is 395 g/mol. The van der Waals surface area contributed by atoms with E-state index in [2.05, 4.69) is 5.32 Å². The number of rotatable bonds is 5. The van der Waals surface area contributed by atoms with E-state index < -0.39 is 22.0 Å². The van der Waals surface area contributed by atoms with Crippen LogP contribution in [0.4, 0.5) is 11.4 Å². The quantitative estimate of drug-likeness (QED) is 0.787. The number of hydrogen-bond acceptors (Lipinski definition) is 3. The summed E-state index contributed by atoms with van der Waals surface area (Å²) in [6, 6.07) is 9.00. The molecule has 0 saturated carbocycles. The van der Waals surface area contributed by atoms with Gasteiger partial charge in [0, 0.05) is 15.7 Å². The van der Waals surface area contributed by atoms with Crippen LogP contribution in [-0.2, 0) is 14.8 Å². The van der Waals surface area contributed by atoms with Gasteiger partial charge in [-0.25, -0.2) is 8.42 Å². The molecule has 1 N–H and O–H groups in total. The Kier molecular flexibility index (Phi) is 6.21. The van der Waals surface area contributed by atoms with Gasteiger partial charge >= 0.3 is 0 Å². The van der Waals surface area contributed by atoms with Crippen LogP contribution in [0.25, 0.3) is 0 Å². The monoisotopic (exact) mass is 414 g/mol. The molecule has 8 heteroatoms. The standard InChI is InChI=1S/C18H20Cl2N2O3S/c1-11-5-6-17(12(2)7-11)21-18(23)13(3)22(26(4,24)25)16-9-14(19)8-15(20)10-16/h5-10,13H,1-4H3,(H,21,23). The molecule has 0 fully saturated rings. The average molecular weight is 415 g/mol. The molecule has 0 radical (unpaired) electrons. The Labute approximate surface area is 164 Å². The van der Waals surface area contributed by atoms with Crippen molar-refractivity contribution in [2.75, 3.05) is 15.9 Å². The first-order valence-corrected chi connectivity index (χ1v) is 10.4. The number of halogens is 2. The largest absolute Gasteiger partial charge is 0.324 e. The van der Waals surface area contributed by atoms with Crippen LogP contribution in [0, 0.1) is 13.8 Å². The molecule has 0 aliphatic carbocycles. The number of benzene rings is 2. The Balaban J connectivity index is 2.37. The zero-order chi connectivity index (χ0) is 19.6. The van der Waals surface area contributed by atoms with E-state index in [4.69, 9.17) is 23.2 Å². The topological polar surface area (TPSA) is 66.5 Å². The molecule has 26 heavy (non-hydrogen) atoms. The second kappa shape index (κ2) is 7.86. The Morgan fingerprint density at radius 3 is 2.15 bits per heavy atom. The number of nitrogens with zero attached hydrogens (tertiary/aromatic N) is 1. The third-order valence-electron chi connectivity index (χ3n) is 3.83. The molecule has 0 heterocycles. The Morgan fingerprint density at radius 2 is 1.65 bits per heavy atom. The van der Waals surface area contributed by atoms with Gasteiger partial charge in [-0.3, -0.25) is 9.10 Å². The van der Waals surface area contributed by atoms with Crippen LogP contribution in [0.5, 0.6) is 0 Å². The Bertz CT molecular complexity index is 925. The Hall–Kier alpha value is -1.76. The highest BCUT2D eigenvalue weighted by Crippen LogP contribution is 2.29. The first-order chi connectivity index (χ1) is 12.0. The maximum atomic E-state index is 12.7. The average Bonchev–Trinajstić information content (AvgIpc) is 2.47. The fraction of sp³-hybridized carbons (Fsp3) is 0.278. The fourth-order valence-electron chi connectivity index (χ4n) is 2.67. The number of hydrogen-bond donors (Lipinski definition) is 1. The van der Waals surface area contributed by atoms with Crippen molar-refractivity contribution in [2.45, 2.75) is 26.8 Å². The smallest absolute Gasteiger partial charge is 0.248 e. The first kappa shape index (κ1) is 20.6. The molecule has 0 aromatic heterocycles. The molecule has 0 saturated heterocycles.